The van der Waals surface area contributed by atoms with Crippen molar-refractivity contribution in [2.75, 3.05) is 0 Å². The summed E-state index contributed by atoms with van der Waals surface area (Å²) < 4.78 is 0. The van der Waals surface area contributed by atoms with Crippen molar-refractivity contribution in [1.82, 2.24) is 4.98 Å². The van der Waals surface area contributed by atoms with Crippen LogP contribution in [0.2, 0.25) is 0 Å². The van der Waals surface area contributed by atoms with Gasteiger partial charge in [-0.25, -0.2) is 0 Å². The van der Waals surface area contributed by atoms with Gasteiger partial charge >= 0.3 is 0 Å². The molecule has 0 fully saturated rings. The highest BCUT2D eigenvalue weighted by Crippen LogP contribution is 1.89. The fourth-order valence-electron chi connectivity index (χ4n) is 1.38. The van der Waals surface area contributed by atoms with Gasteiger partial charge < -0.3 is 4.98 Å². The molecule has 0 atom stereocenters. The van der Waals surface area contributed by atoms with Crippen molar-refractivity contribution in [2.45, 2.75) is 13.3 Å². The van der Waals surface area contributed by atoms with Crippen LogP contribution in [0.3, 0.4) is 0 Å². The summed E-state index contributed by atoms with van der Waals surface area (Å²) in [6, 6.07) is 2.18. The van der Waals surface area contributed by atoms with E-state index >= 15 is 0 Å². The minimum atomic E-state index is 1.04. The molecule has 56 valence electrons. The first-order valence-electron chi connectivity index (χ1n) is 3.89. The predicted molar refractivity (Wildman–Crippen MR) is 47.5 cm³/mol. The molecule has 0 unspecified atom stereocenters. The summed E-state index contributed by atoms with van der Waals surface area (Å²) >= 11 is 0. The molecule has 0 saturated carbocycles. The van der Waals surface area contributed by atoms with Gasteiger partial charge in [0.15, 0.2) is 0 Å². The normalized spacial score (nSPS) is 14.6. The maximum Gasteiger partial charge on any atom is 0.0452 e. The number of allylic oxidation sites excluding steroid dienone is 2. The second-order valence-electron chi connectivity index (χ2n) is 2.86. The Labute approximate surface area is 65.8 Å². The van der Waals surface area contributed by atoms with Crippen LogP contribution in [0.1, 0.15) is 12.1 Å². The zero-order valence-electron chi connectivity index (χ0n) is 6.59. The number of hydrogen-bond donors (Lipinski definition) is 1. The molecular formula is C10H11N. The summed E-state index contributed by atoms with van der Waals surface area (Å²) in [5.74, 6) is 0. The van der Waals surface area contributed by atoms with Crippen LogP contribution in [-0.4, -0.2) is 4.98 Å². The highest BCUT2D eigenvalue weighted by atomic mass is 14.7. The summed E-state index contributed by atoms with van der Waals surface area (Å²) in [6.45, 7) is 2.08. The third kappa shape index (κ3) is 1.14. The zero-order chi connectivity index (χ0) is 7.68. The zero-order valence-corrected chi connectivity index (χ0v) is 6.59. The Hall–Kier alpha value is -1.24. The van der Waals surface area contributed by atoms with Crippen LogP contribution in [0.5, 0.6) is 0 Å². The van der Waals surface area contributed by atoms with Crippen LogP contribution in [0.15, 0.2) is 18.2 Å². The van der Waals surface area contributed by atoms with E-state index in [1.807, 2.05) is 0 Å². The van der Waals surface area contributed by atoms with E-state index in [4.69, 9.17) is 0 Å². The molecule has 1 heteroatoms. The molecule has 2 rings (SSSR count). The number of nitrogens with one attached hydrogen (secondary N) is 1. The van der Waals surface area contributed by atoms with Gasteiger partial charge in [0.1, 0.15) is 0 Å². The average molecular weight is 145 g/mol. The fourth-order valence-corrected chi connectivity index (χ4v) is 1.38. The lowest BCUT2D eigenvalue weighted by Gasteiger charge is -1.76. The SMILES string of the molecule is Cc1cc2c([nH]1)=CC=CCC=2. The van der Waals surface area contributed by atoms with Crippen molar-refractivity contribution in [1.29, 1.82) is 0 Å². The molecule has 0 bridgehead atoms. The molecule has 11 heavy (non-hydrogen) atoms. The maximum absolute atomic E-state index is 3.30. The Bertz CT molecular complexity index is 393. The van der Waals surface area contributed by atoms with Gasteiger partial charge in [-0.15, -0.1) is 0 Å². The van der Waals surface area contributed by atoms with Gasteiger partial charge in [0.2, 0.25) is 0 Å². The largest absolute Gasteiger partial charge is 0.359 e. The Morgan fingerprint density at radius 3 is 3.27 bits per heavy atom. The molecule has 1 aliphatic rings. The van der Waals surface area contributed by atoms with Gasteiger partial charge in [-0.1, -0.05) is 18.2 Å². The van der Waals surface area contributed by atoms with E-state index in [9.17, 15) is 0 Å². The highest BCUT2D eigenvalue weighted by Gasteiger charge is 1.90. The van der Waals surface area contributed by atoms with E-state index in [-0.39, 0.29) is 0 Å². The van der Waals surface area contributed by atoms with Crippen LogP contribution in [-0.2, 0) is 0 Å². The molecule has 1 aromatic rings. The summed E-state index contributed by atoms with van der Waals surface area (Å²) in [6.07, 6.45) is 9.65. The molecule has 1 N–H and O–H groups in total. The van der Waals surface area contributed by atoms with Crippen molar-refractivity contribution in [3.63, 3.8) is 0 Å². The maximum atomic E-state index is 3.30. The highest BCUT2D eigenvalue weighted by molar-refractivity contribution is 5.42. The van der Waals surface area contributed by atoms with Gasteiger partial charge in [0.05, 0.1) is 0 Å². The third-order valence-corrected chi connectivity index (χ3v) is 1.89. The molecule has 0 saturated heterocycles. The number of H-pyrrole nitrogens is 1. The van der Waals surface area contributed by atoms with Crippen LogP contribution < -0.4 is 10.6 Å². The van der Waals surface area contributed by atoms with Crippen LogP contribution in [0.25, 0.3) is 12.2 Å². The lowest BCUT2D eigenvalue weighted by Crippen LogP contribution is -2.20. The quantitative estimate of drug-likeness (QED) is 0.557. The molecule has 1 nitrogen and oxygen atoms in total. The number of fused-ring (bicyclic) bond motifs is 1. The Morgan fingerprint density at radius 2 is 2.36 bits per heavy atom. The smallest absolute Gasteiger partial charge is 0.0452 e. The number of aromatic amines is 1. The topological polar surface area (TPSA) is 15.8 Å². The van der Waals surface area contributed by atoms with Crippen LogP contribution in [0, 0.1) is 6.92 Å². The van der Waals surface area contributed by atoms with Crippen molar-refractivity contribution >= 4 is 12.2 Å². The molecule has 1 aliphatic carbocycles. The number of aromatic nitrogens is 1. The second kappa shape index (κ2) is 2.42. The summed E-state index contributed by atoms with van der Waals surface area (Å²) in [7, 11) is 0. The minimum absolute atomic E-state index is 1.04. The molecule has 0 aliphatic heterocycles. The predicted octanol–water partition coefficient (Wildman–Crippen LogP) is 0.844. The first-order chi connectivity index (χ1) is 5.36. The lowest BCUT2D eigenvalue weighted by molar-refractivity contribution is 1.22. The monoisotopic (exact) mass is 145 g/mol. The Balaban J connectivity index is 2.79. The number of aryl methyl sites for hydroxylation is 1. The Morgan fingerprint density at radius 1 is 1.45 bits per heavy atom. The minimum Gasteiger partial charge on any atom is -0.359 e. The average Bonchev–Trinajstić information content (AvgIpc) is 2.17. The van der Waals surface area contributed by atoms with Gasteiger partial charge in [0.25, 0.3) is 0 Å². The summed E-state index contributed by atoms with van der Waals surface area (Å²) in [5.41, 5.74) is 1.23. The molecule has 1 aromatic heterocycles. The van der Waals surface area contributed by atoms with Gasteiger partial charge in [-0.2, -0.15) is 0 Å². The van der Waals surface area contributed by atoms with Crippen molar-refractivity contribution in [2.24, 2.45) is 0 Å². The van der Waals surface area contributed by atoms with E-state index in [1.54, 1.807) is 0 Å². The van der Waals surface area contributed by atoms with Crippen LogP contribution >= 0.6 is 0 Å². The molecule has 0 aromatic carbocycles. The fraction of sp³-hybridized carbons (Fsp3) is 0.200. The van der Waals surface area contributed by atoms with E-state index in [0.717, 1.165) is 6.42 Å². The molecule has 0 spiro atoms. The summed E-state index contributed by atoms with van der Waals surface area (Å²) in [5, 5.41) is 2.56. The van der Waals surface area contributed by atoms with E-state index in [2.05, 4.69) is 42.3 Å². The van der Waals surface area contributed by atoms with Gasteiger partial charge in [-0.05, 0) is 30.7 Å². The molecule has 0 amide bonds. The van der Waals surface area contributed by atoms with E-state index in [0.29, 0.717) is 0 Å². The van der Waals surface area contributed by atoms with Gasteiger partial charge in [-0.3, -0.25) is 0 Å². The summed E-state index contributed by atoms with van der Waals surface area (Å²) in [4.78, 5) is 3.30. The standard InChI is InChI=1S/C10H11N/c1-8-7-9-5-3-2-4-6-10(9)11-8/h2,4-7,11H,3H2,1H3. The first kappa shape index (κ1) is 6.47. The first-order valence-corrected chi connectivity index (χ1v) is 3.89. The van der Waals surface area contributed by atoms with Crippen LogP contribution in [0.4, 0.5) is 0 Å². The number of hydrogen-bond acceptors (Lipinski definition) is 0. The van der Waals surface area contributed by atoms with Gasteiger partial charge in [0, 0.05) is 11.0 Å². The van der Waals surface area contributed by atoms with Crippen molar-refractivity contribution in [3.05, 3.63) is 34.5 Å². The van der Waals surface area contributed by atoms with E-state index < -0.39 is 0 Å². The third-order valence-electron chi connectivity index (χ3n) is 1.89. The number of rotatable bonds is 0. The van der Waals surface area contributed by atoms with E-state index in [1.165, 1.54) is 16.3 Å². The Kier molecular flexibility index (Phi) is 1.42. The van der Waals surface area contributed by atoms with Crippen molar-refractivity contribution in [3.8, 4) is 0 Å². The molecule has 0 radical (unpaired) electrons. The second-order valence-corrected chi connectivity index (χ2v) is 2.86. The molecular weight excluding hydrogens is 134 g/mol. The van der Waals surface area contributed by atoms with Crippen molar-refractivity contribution < 1.29 is 0 Å². The lowest BCUT2D eigenvalue weighted by atomic mass is 10.3. The molecule has 1 heterocycles.